The summed E-state index contributed by atoms with van der Waals surface area (Å²) in [5.41, 5.74) is 0.992. The van der Waals surface area contributed by atoms with Crippen molar-refractivity contribution in [3.63, 3.8) is 0 Å². The maximum atomic E-state index is 14.4. The van der Waals surface area contributed by atoms with E-state index in [1.165, 1.54) is 22.3 Å². The van der Waals surface area contributed by atoms with Crippen molar-refractivity contribution >= 4 is 22.9 Å². The normalized spacial score (nSPS) is 15.4. The van der Waals surface area contributed by atoms with Gasteiger partial charge in [-0.3, -0.25) is 4.79 Å². The van der Waals surface area contributed by atoms with Crippen LogP contribution < -0.4 is 9.64 Å². The van der Waals surface area contributed by atoms with Crippen LogP contribution in [-0.4, -0.2) is 12.0 Å². The topological polar surface area (TPSA) is 29.5 Å². The van der Waals surface area contributed by atoms with E-state index in [0.717, 1.165) is 22.6 Å². The molecule has 3 aromatic rings. The highest BCUT2D eigenvalue weighted by Gasteiger charge is 2.34. The number of carbonyl (C=O) groups is 1. The van der Waals surface area contributed by atoms with Gasteiger partial charge in [0, 0.05) is 17.4 Å². The molecule has 2 heterocycles. The second-order valence-corrected chi connectivity index (χ2v) is 7.05. The molecule has 0 saturated carbocycles. The summed E-state index contributed by atoms with van der Waals surface area (Å²) in [5, 5.41) is 1.89. The first kappa shape index (κ1) is 16.7. The molecule has 0 unspecified atom stereocenters. The molecule has 1 aliphatic rings. The van der Waals surface area contributed by atoms with Gasteiger partial charge in [-0.15, -0.1) is 11.3 Å². The first-order valence-electron chi connectivity index (χ1n) is 8.15. The number of anilines is 1. The Labute approximate surface area is 153 Å². The minimum Gasteiger partial charge on any atom is -0.480 e. The number of thiophene rings is 1. The van der Waals surface area contributed by atoms with Crippen molar-refractivity contribution in [1.29, 1.82) is 0 Å². The third kappa shape index (κ3) is 3.20. The minimum absolute atomic E-state index is 0.0457. The summed E-state index contributed by atoms with van der Waals surface area (Å²) < 4.78 is 33.4. The highest BCUT2D eigenvalue weighted by molar-refractivity contribution is 7.09. The number of nitrogens with zero attached hydrogens (tertiary/aromatic N) is 1. The maximum Gasteiger partial charge on any atom is 0.268 e. The Morgan fingerprint density at radius 2 is 2.00 bits per heavy atom. The first-order valence-corrected chi connectivity index (χ1v) is 9.03. The molecule has 1 aliphatic heterocycles. The van der Waals surface area contributed by atoms with Gasteiger partial charge in [0.15, 0.2) is 6.10 Å². The molecule has 6 heteroatoms. The van der Waals surface area contributed by atoms with Crippen LogP contribution in [0.15, 0.2) is 60.0 Å². The van der Waals surface area contributed by atoms with E-state index in [4.69, 9.17) is 4.74 Å². The fraction of sp³-hybridized carbons (Fsp3) is 0.150. The zero-order valence-electron chi connectivity index (χ0n) is 13.7. The van der Waals surface area contributed by atoms with E-state index in [0.29, 0.717) is 12.2 Å². The summed E-state index contributed by atoms with van der Waals surface area (Å²) >= 11 is 1.47. The number of fused-ring (bicyclic) bond motifs is 1. The van der Waals surface area contributed by atoms with E-state index in [9.17, 15) is 13.6 Å². The maximum absolute atomic E-state index is 14.4. The number of para-hydroxylation sites is 1. The lowest BCUT2D eigenvalue weighted by Crippen LogP contribution is -2.41. The lowest BCUT2D eigenvalue weighted by Gasteiger charge is -2.25. The summed E-state index contributed by atoms with van der Waals surface area (Å²) in [6.45, 7) is 0.204. The van der Waals surface area contributed by atoms with E-state index in [1.807, 2.05) is 41.8 Å². The van der Waals surface area contributed by atoms with Gasteiger partial charge in [0.25, 0.3) is 5.91 Å². The Balaban J connectivity index is 1.65. The number of carbonyl (C=O) groups excluding carboxylic acids is 1. The average Bonchev–Trinajstić information content (AvgIpc) is 3.29. The van der Waals surface area contributed by atoms with Gasteiger partial charge in [0.1, 0.15) is 17.4 Å². The molecule has 2 aromatic carbocycles. The largest absolute Gasteiger partial charge is 0.480 e. The molecule has 1 atom stereocenters. The third-order valence-electron chi connectivity index (χ3n) is 4.28. The zero-order valence-corrected chi connectivity index (χ0v) is 14.5. The molecule has 0 bridgehead atoms. The standard InChI is InChI=1S/C20H15F2NO2S/c21-14-7-8-17(16(22)11-14)23(12-15-5-3-9-26-15)20(24)19-10-13-4-1-2-6-18(13)25-19/h1-9,11,19H,10,12H2/t19-/m1/s1. The SMILES string of the molecule is O=C([C@H]1Cc2ccccc2O1)N(Cc1cccs1)c1ccc(F)cc1F. The van der Waals surface area contributed by atoms with Gasteiger partial charge in [-0.2, -0.15) is 0 Å². The summed E-state index contributed by atoms with van der Waals surface area (Å²) in [6, 6.07) is 14.4. The van der Waals surface area contributed by atoms with Crippen molar-refractivity contribution in [3.8, 4) is 5.75 Å². The van der Waals surface area contributed by atoms with Crippen LogP contribution in [0.2, 0.25) is 0 Å². The molecule has 0 N–H and O–H groups in total. The highest BCUT2D eigenvalue weighted by Crippen LogP contribution is 2.31. The number of hydrogen-bond acceptors (Lipinski definition) is 3. The number of halogens is 2. The Hall–Kier alpha value is -2.73. The Kier molecular flexibility index (Phi) is 4.42. The van der Waals surface area contributed by atoms with Gasteiger partial charge in [-0.25, -0.2) is 8.78 Å². The summed E-state index contributed by atoms with van der Waals surface area (Å²) in [4.78, 5) is 15.4. The fourth-order valence-electron chi connectivity index (χ4n) is 3.03. The summed E-state index contributed by atoms with van der Waals surface area (Å²) in [7, 11) is 0. The average molecular weight is 371 g/mol. The smallest absolute Gasteiger partial charge is 0.268 e. The quantitative estimate of drug-likeness (QED) is 0.673. The van der Waals surface area contributed by atoms with Crippen LogP contribution in [0.25, 0.3) is 0 Å². The number of hydrogen-bond donors (Lipinski definition) is 0. The highest BCUT2D eigenvalue weighted by atomic mass is 32.1. The molecule has 0 spiro atoms. The number of benzene rings is 2. The van der Waals surface area contributed by atoms with Gasteiger partial charge in [0.05, 0.1) is 12.2 Å². The first-order chi connectivity index (χ1) is 12.6. The number of ether oxygens (including phenoxy) is 1. The third-order valence-corrected chi connectivity index (χ3v) is 5.14. The van der Waals surface area contributed by atoms with Crippen LogP contribution in [0.3, 0.4) is 0 Å². The molecule has 4 rings (SSSR count). The van der Waals surface area contributed by atoms with Crippen molar-refractivity contribution in [2.45, 2.75) is 19.1 Å². The van der Waals surface area contributed by atoms with Gasteiger partial charge in [0.2, 0.25) is 0 Å². The van der Waals surface area contributed by atoms with Crippen LogP contribution in [0.5, 0.6) is 5.75 Å². The lowest BCUT2D eigenvalue weighted by molar-refractivity contribution is -0.124. The van der Waals surface area contributed by atoms with E-state index in [-0.39, 0.29) is 18.1 Å². The fourth-order valence-corrected chi connectivity index (χ4v) is 3.73. The predicted octanol–water partition coefficient (Wildman–Crippen LogP) is 4.56. The molecule has 1 amide bonds. The monoisotopic (exact) mass is 371 g/mol. The molecule has 1 aromatic heterocycles. The van der Waals surface area contributed by atoms with Gasteiger partial charge in [-0.05, 0) is 35.2 Å². The van der Waals surface area contributed by atoms with Gasteiger partial charge >= 0.3 is 0 Å². The molecule has 0 radical (unpaired) electrons. The van der Waals surface area contributed by atoms with E-state index < -0.39 is 17.7 Å². The van der Waals surface area contributed by atoms with Crippen molar-refractivity contribution < 1.29 is 18.3 Å². The molecule has 0 saturated heterocycles. The van der Waals surface area contributed by atoms with Crippen molar-refractivity contribution in [2.75, 3.05) is 4.90 Å². The predicted molar refractivity (Wildman–Crippen MR) is 96.4 cm³/mol. The second-order valence-electron chi connectivity index (χ2n) is 6.02. The summed E-state index contributed by atoms with van der Waals surface area (Å²) in [5.74, 6) is -1.13. The van der Waals surface area contributed by atoms with Gasteiger partial charge in [-0.1, -0.05) is 24.3 Å². The van der Waals surface area contributed by atoms with Crippen LogP contribution >= 0.6 is 11.3 Å². The molecule has 3 nitrogen and oxygen atoms in total. The molecule has 26 heavy (non-hydrogen) atoms. The van der Waals surface area contributed by atoms with Gasteiger partial charge < -0.3 is 9.64 Å². The Morgan fingerprint density at radius 1 is 1.15 bits per heavy atom. The Bertz CT molecular complexity index is 918. The van der Waals surface area contributed by atoms with Crippen molar-refractivity contribution in [1.82, 2.24) is 0 Å². The lowest BCUT2D eigenvalue weighted by atomic mass is 10.1. The molecule has 0 aliphatic carbocycles. The van der Waals surface area contributed by atoms with E-state index in [2.05, 4.69) is 0 Å². The molecule has 132 valence electrons. The molecular weight excluding hydrogens is 356 g/mol. The number of amides is 1. The van der Waals surface area contributed by atoms with Crippen LogP contribution in [0, 0.1) is 11.6 Å². The van der Waals surface area contributed by atoms with E-state index in [1.54, 1.807) is 0 Å². The molecular formula is C20H15F2NO2S. The van der Waals surface area contributed by atoms with Crippen LogP contribution in [0.1, 0.15) is 10.4 Å². The van der Waals surface area contributed by atoms with Crippen LogP contribution in [0.4, 0.5) is 14.5 Å². The second kappa shape index (κ2) is 6.88. The van der Waals surface area contributed by atoms with Crippen molar-refractivity contribution in [3.05, 3.63) is 82.1 Å². The minimum atomic E-state index is -0.773. The zero-order chi connectivity index (χ0) is 18.1. The van der Waals surface area contributed by atoms with Crippen molar-refractivity contribution in [2.24, 2.45) is 0 Å². The Morgan fingerprint density at radius 3 is 2.73 bits per heavy atom. The number of rotatable bonds is 4. The summed E-state index contributed by atoms with van der Waals surface area (Å²) in [6.07, 6.45) is -0.296. The van der Waals surface area contributed by atoms with E-state index >= 15 is 0 Å². The van der Waals surface area contributed by atoms with Crippen LogP contribution in [-0.2, 0) is 17.8 Å². The molecule has 0 fully saturated rings.